The molecule has 3 rings (SSSR count). The van der Waals surface area contributed by atoms with Crippen LogP contribution in [0.15, 0.2) is 24.3 Å². The predicted octanol–water partition coefficient (Wildman–Crippen LogP) is 2.81. The first-order valence-corrected chi connectivity index (χ1v) is 6.04. The van der Waals surface area contributed by atoms with E-state index in [0.29, 0.717) is 5.41 Å². The van der Waals surface area contributed by atoms with Gasteiger partial charge in [0.1, 0.15) is 0 Å². The van der Waals surface area contributed by atoms with Gasteiger partial charge in [-0.1, -0.05) is 31.2 Å². The Morgan fingerprint density at radius 1 is 1.33 bits per heavy atom. The lowest BCUT2D eigenvalue weighted by Crippen LogP contribution is -2.27. The third-order valence-electron chi connectivity index (χ3n) is 4.48. The lowest BCUT2D eigenvalue weighted by atomic mass is 9.75. The van der Waals surface area contributed by atoms with Gasteiger partial charge in [-0.2, -0.15) is 0 Å². The van der Waals surface area contributed by atoms with Crippen molar-refractivity contribution in [3.8, 4) is 0 Å². The largest absolute Gasteiger partial charge is 0.316 e. The van der Waals surface area contributed by atoms with Crippen molar-refractivity contribution in [1.29, 1.82) is 0 Å². The Morgan fingerprint density at radius 3 is 2.87 bits per heavy atom. The highest BCUT2D eigenvalue weighted by molar-refractivity contribution is 5.45. The van der Waals surface area contributed by atoms with E-state index in [0.717, 1.165) is 12.0 Å². The average molecular weight is 201 g/mol. The smallest absolute Gasteiger partial charge is 0.0171 e. The molecule has 0 aromatic heterocycles. The van der Waals surface area contributed by atoms with E-state index in [1.165, 1.54) is 19.3 Å². The molecule has 1 fully saturated rings. The molecule has 15 heavy (non-hydrogen) atoms. The van der Waals surface area contributed by atoms with Crippen LogP contribution in [-0.4, -0.2) is 13.1 Å². The van der Waals surface area contributed by atoms with Gasteiger partial charge in [-0.25, -0.2) is 0 Å². The van der Waals surface area contributed by atoms with E-state index in [4.69, 9.17) is 0 Å². The van der Waals surface area contributed by atoms with Crippen LogP contribution in [0.4, 0.5) is 0 Å². The first-order chi connectivity index (χ1) is 7.28. The lowest BCUT2D eigenvalue weighted by molar-refractivity contribution is 0.466. The van der Waals surface area contributed by atoms with Crippen LogP contribution >= 0.6 is 0 Å². The van der Waals surface area contributed by atoms with Crippen molar-refractivity contribution in [3.05, 3.63) is 35.4 Å². The number of hydrogen-bond donors (Lipinski definition) is 1. The summed E-state index contributed by atoms with van der Waals surface area (Å²) in [7, 11) is 2.10. The molecule has 1 heteroatoms. The van der Waals surface area contributed by atoms with E-state index in [-0.39, 0.29) is 0 Å². The molecule has 0 saturated heterocycles. The maximum Gasteiger partial charge on any atom is 0.0171 e. The lowest BCUT2D eigenvalue weighted by Gasteiger charge is -2.30. The molecule has 1 aromatic carbocycles. The molecular formula is C14H19N. The summed E-state index contributed by atoms with van der Waals surface area (Å²) in [5, 5.41) is 3.46. The van der Waals surface area contributed by atoms with Crippen LogP contribution < -0.4 is 5.32 Å². The van der Waals surface area contributed by atoms with Gasteiger partial charge >= 0.3 is 0 Å². The quantitative estimate of drug-likeness (QED) is 0.736. The zero-order chi connectivity index (χ0) is 10.5. The number of benzene rings is 1. The van der Waals surface area contributed by atoms with Crippen LogP contribution in [-0.2, 0) is 5.41 Å². The zero-order valence-electron chi connectivity index (χ0n) is 9.59. The Hall–Kier alpha value is -0.820. The van der Waals surface area contributed by atoms with Crippen molar-refractivity contribution in [1.82, 2.24) is 5.32 Å². The highest BCUT2D eigenvalue weighted by atomic mass is 15.0. The fraction of sp³-hybridized carbons (Fsp3) is 0.571. The van der Waals surface area contributed by atoms with Crippen LogP contribution in [0.5, 0.6) is 0 Å². The molecule has 80 valence electrons. The van der Waals surface area contributed by atoms with Gasteiger partial charge in [0.25, 0.3) is 0 Å². The molecule has 0 amide bonds. The molecule has 0 heterocycles. The van der Waals surface area contributed by atoms with Crippen LogP contribution in [0.2, 0.25) is 0 Å². The van der Waals surface area contributed by atoms with E-state index in [2.05, 4.69) is 43.6 Å². The van der Waals surface area contributed by atoms with Crippen molar-refractivity contribution < 1.29 is 0 Å². The second-order valence-electron chi connectivity index (χ2n) is 5.23. The first-order valence-electron chi connectivity index (χ1n) is 6.04. The van der Waals surface area contributed by atoms with Gasteiger partial charge in [-0.3, -0.25) is 0 Å². The van der Waals surface area contributed by atoms with E-state index in [1.807, 2.05) is 0 Å². The molecule has 0 bridgehead atoms. The van der Waals surface area contributed by atoms with Crippen molar-refractivity contribution in [3.63, 3.8) is 0 Å². The van der Waals surface area contributed by atoms with Gasteiger partial charge in [0.2, 0.25) is 0 Å². The van der Waals surface area contributed by atoms with Gasteiger partial charge in [0.05, 0.1) is 0 Å². The van der Waals surface area contributed by atoms with Crippen LogP contribution in [0, 0.1) is 0 Å². The second-order valence-corrected chi connectivity index (χ2v) is 5.23. The Balaban J connectivity index is 2.07. The first kappa shape index (κ1) is 9.41. The normalized spacial score (nSPS) is 37.7. The summed E-state index contributed by atoms with van der Waals surface area (Å²) in [5.41, 5.74) is 3.72. The summed E-state index contributed by atoms with van der Waals surface area (Å²) < 4.78 is 0. The molecule has 1 N–H and O–H groups in total. The molecule has 0 radical (unpaired) electrons. The summed E-state index contributed by atoms with van der Waals surface area (Å²) in [6.07, 6.45) is 4.07. The van der Waals surface area contributed by atoms with Gasteiger partial charge in [0, 0.05) is 11.5 Å². The van der Waals surface area contributed by atoms with E-state index >= 15 is 0 Å². The van der Waals surface area contributed by atoms with Crippen LogP contribution in [0.25, 0.3) is 0 Å². The minimum atomic E-state index is 0.498. The molecule has 3 atom stereocenters. The fourth-order valence-corrected chi connectivity index (χ4v) is 3.40. The highest BCUT2D eigenvalue weighted by Gasteiger charge is 2.56. The topological polar surface area (TPSA) is 12.0 Å². The third kappa shape index (κ3) is 1.19. The number of hydrogen-bond acceptors (Lipinski definition) is 1. The Labute approximate surface area is 91.9 Å². The molecule has 2 aliphatic carbocycles. The third-order valence-corrected chi connectivity index (χ3v) is 4.48. The zero-order valence-corrected chi connectivity index (χ0v) is 9.59. The van der Waals surface area contributed by atoms with Gasteiger partial charge in [-0.15, -0.1) is 0 Å². The summed E-state index contributed by atoms with van der Waals surface area (Å²) in [5.74, 6) is 0.755. The van der Waals surface area contributed by atoms with Crippen molar-refractivity contribution in [2.75, 3.05) is 7.05 Å². The molecule has 1 nitrogen and oxygen atoms in total. The van der Waals surface area contributed by atoms with E-state index < -0.39 is 0 Å². The molecule has 2 aliphatic rings. The number of fused-ring (bicyclic) bond motifs is 2. The molecule has 0 aliphatic heterocycles. The minimum Gasteiger partial charge on any atom is -0.316 e. The summed E-state index contributed by atoms with van der Waals surface area (Å²) in [4.78, 5) is 0. The Bertz CT molecular complexity index is 385. The summed E-state index contributed by atoms with van der Waals surface area (Å²) in [6.45, 7) is 2.36. The maximum absolute atomic E-state index is 3.46. The molecule has 1 saturated carbocycles. The molecule has 3 unspecified atom stereocenters. The fourth-order valence-electron chi connectivity index (χ4n) is 3.40. The van der Waals surface area contributed by atoms with Gasteiger partial charge < -0.3 is 5.32 Å². The van der Waals surface area contributed by atoms with Crippen molar-refractivity contribution in [2.24, 2.45) is 0 Å². The van der Waals surface area contributed by atoms with Gasteiger partial charge in [0.15, 0.2) is 0 Å². The summed E-state index contributed by atoms with van der Waals surface area (Å²) >= 11 is 0. The minimum absolute atomic E-state index is 0.498. The number of rotatable bonds is 1. The maximum atomic E-state index is 3.46. The molecule has 1 aromatic rings. The van der Waals surface area contributed by atoms with Crippen LogP contribution in [0.3, 0.4) is 0 Å². The number of nitrogens with one attached hydrogen (secondary N) is 1. The van der Waals surface area contributed by atoms with Gasteiger partial charge in [-0.05, 0) is 43.4 Å². The second kappa shape index (κ2) is 3.08. The van der Waals surface area contributed by atoms with E-state index in [9.17, 15) is 0 Å². The Morgan fingerprint density at radius 2 is 2.13 bits per heavy atom. The summed E-state index contributed by atoms with van der Waals surface area (Å²) in [6, 6.07) is 9.79. The van der Waals surface area contributed by atoms with Crippen LogP contribution in [0.1, 0.15) is 43.2 Å². The van der Waals surface area contributed by atoms with E-state index in [1.54, 1.807) is 11.1 Å². The van der Waals surface area contributed by atoms with Crippen molar-refractivity contribution >= 4 is 0 Å². The molecular weight excluding hydrogens is 182 g/mol. The number of likely N-dealkylation sites (N-methyl/N-ethyl adjacent to an activating group) is 1. The monoisotopic (exact) mass is 201 g/mol. The molecule has 1 spiro atoms. The average Bonchev–Trinajstić information content (AvgIpc) is 2.99. The van der Waals surface area contributed by atoms with Crippen molar-refractivity contribution in [2.45, 2.75) is 43.6 Å². The SMILES string of the molecule is CNC1CC12CCC(C)c1ccccc12. The Kier molecular flexibility index (Phi) is 1.93. The standard InChI is InChI=1S/C14H19N/c1-10-7-8-14(9-13(14)15-2)12-6-4-3-5-11(10)12/h3-6,10,13,15H,7-9H2,1-2H3. The predicted molar refractivity (Wildman–Crippen MR) is 63.2 cm³/mol. The highest BCUT2D eigenvalue weighted by Crippen LogP contribution is 2.57.